The summed E-state index contributed by atoms with van der Waals surface area (Å²) in [4.78, 5) is 25.6. The van der Waals surface area contributed by atoms with Crippen LogP contribution in [0.25, 0.3) is 0 Å². The van der Waals surface area contributed by atoms with E-state index in [4.69, 9.17) is 0 Å². The maximum absolute atomic E-state index is 12.7. The van der Waals surface area contributed by atoms with Gasteiger partial charge in [-0.3, -0.25) is 4.79 Å². The summed E-state index contributed by atoms with van der Waals surface area (Å²) in [5, 5.41) is 12.6. The Balaban J connectivity index is 2.20. The summed E-state index contributed by atoms with van der Waals surface area (Å²) in [6, 6.07) is -0.650. The van der Waals surface area contributed by atoms with Crippen LogP contribution >= 0.6 is 0 Å². The summed E-state index contributed by atoms with van der Waals surface area (Å²) in [5.74, 6) is -0.849. The first-order valence-corrected chi connectivity index (χ1v) is 6.81. The second-order valence-electron chi connectivity index (χ2n) is 5.51. The number of amides is 1. The van der Waals surface area contributed by atoms with Gasteiger partial charge in [0.05, 0.1) is 5.54 Å². The molecule has 2 saturated heterocycles. The Labute approximate surface area is 108 Å². The molecule has 2 heterocycles. The van der Waals surface area contributed by atoms with Gasteiger partial charge in [0.15, 0.2) is 0 Å². The monoisotopic (exact) mass is 254 g/mol. The standard InChI is InChI=1S/C13H22N2O3/c1-3-13(6-4-7-14-13)12(18)15-8-5-9(2)10(15)11(16)17/h9-10,14H,3-8H2,1-2H3,(H,16,17). The number of carbonyl (C=O) groups excluding carboxylic acids is 1. The minimum Gasteiger partial charge on any atom is -0.480 e. The van der Waals surface area contributed by atoms with Crippen LogP contribution < -0.4 is 5.32 Å². The summed E-state index contributed by atoms with van der Waals surface area (Å²) in [6.07, 6.45) is 3.31. The minimum absolute atomic E-state index is 0.0146. The van der Waals surface area contributed by atoms with Crippen molar-refractivity contribution in [1.29, 1.82) is 0 Å². The molecule has 0 aromatic rings. The quantitative estimate of drug-likeness (QED) is 0.783. The molecule has 5 heteroatoms. The van der Waals surface area contributed by atoms with Gasteiger partial charge in [-0.2, -0.15) is 0 Å². The van der Waals surface area contributed by atoms with Crippen molar-refractivity contribution in [2.24, 2.45) is 5.92 Å². The minimum atomic E-state index is -0.877. The number of hydrogen-bond donors (Lipinski definition) is 2. The first-order valence-electron chi connectivity index (χ1n) is 6.81. The van der Waals surface area contributed by atoms with Gasteiger partial charge in [-0.15, -0.1) is 0 Å². The van der Waals surface area contributed by atoms with Crippen molar-refractivity contribution in [3.05, 3.63) is 0 Å². The van der Waals surface area contributed by atoms with Crippen molar-refractivity contribution in [1.82, 2.24) is 10.2 Å². The molecule has 0 aromatic carbocycles. The van der Waals surface area contributed by atoms with Crippen LogP contribution in [0, 0.1) is 5.92 Å². The molecule has 2 aliphatic rings. The normalized spacial score (nSPS) is 36.0. The maximum Gasteiger partial charge on any atom is 0.326 e. The molecule has 2 fully saturated rings. The number of carboxylic acids is 1. The fourth-order valence-electron chi connectivity index (χ4n) is 3.27. The molecule has 0 bridgehead atoms. The summed E-state index contributed by atoms with van der Waals surface area (Å²) in [5.41, 5.74) is -0.516. The smallest absolute Gasteiger partial charge is 0.326 e. The summed E-state index contributed by atoms with van der Waals surface area (Å²) >= 11 is 0. The number of carboxylic acid groups (broad SMARTS) is 1. The Hall–Kier alpha value is -1.10. The van der Waals surface area contributed by atoms with Crippen molar-refractivity contribution < 1.29 is 14.7 Å². The van der Waals surface area contributed by atoms with Crippen LogP contribution in [0.1, 0.15) is 39.5 Å². The highest BCUT2D eigenvalue weighted by Gasteiger charge is 2.48. The Morgan fingerprint density at radius 3 is 2.72 bits per heavy atom. The molecule has 2 rings (SSSR count). The van der Waals surface area contributed by atoms with Gasteiger partial charge >= 0.3 is 5.97 Å². The lowest BCUT2D eigenvalue weighted by atomic mass is 9.91. The molecule has 2 aliphatic heterocycles. The first-order chi connectivity index (χ1) is 8.52. The van der Waals surface area contributed by atoms with E-state index in [1.165, 1.54) is 0 Å². The second-order valence-corrected chi connectivity index (χ2v) is 5.51. The molecule has 0 saturated carbocycles. The van der Waals surface area contributed by atoms with E-state index in [0.717, 1.165) is 32.2 Å². The van der Waals surface area contributed by atoms with Gasteiger partial charge in [-0.05, 0) is 38.1 Å². The molecule has 0 radical (unpaired) electrons. The third-order valence-electron chi connectivity index (χ3n) is 4.47. The largest absolute Gasteiger partial charge is 0.480 e. The van der Waals surface area contributed by atoms with E-state index in [-0.39, 0.29) is 11.8 Å². The summed E-state index contributed by atoms with van der Waals surface area (Å²) in [7, 11) is 0. The lowest BCUT2D eigenvalue weighted by molar-refractivity contribution is -0.152. The molecule has 2 N–H and O–H groups in total. The van der Waals surface area contributed by atoms with E-state index >= 15 is 0 Å². The molecule has 1 amide bonds. The molecule has 0 spiro atoms. The number of nitrogens with zero attached hydrogens (tertiary/aromatic N) is 1. The van der Waals surface area contributed by atoms with Crippen LogP contribution in [0.4, 0.5) is 0 Å². The predicted molar refractivity (Wildman–Crippen MR) is 67.2 cm³/mol. The van der Waals surface area contributed by atoms with Gasteiger partial charge in [0.2, 0.25) is 5.91 Å². The molecule has 0 aromatic heterocycles. The predicted octanol–water partition coefficient (Wildman–Crippen LogP) is 0.840. The Kier molecular flexibility index (Phi) is 3.61. The number of hydrogen-bond acceptors (Lipinski definition) is 3. The van der Waals surface area contributed by atoms with E-state index in [1.807, 2.05) is 13.8 Å². The van der Waals surface area contributed by atoms with Crippen LogP contribution in [-0.2, 0) is 9.59 Å². The van der Waals surface area contributed by atoms with Crippen molar-refractivity contribution in [3.8, 4) is 0 Å². The van der Waals surface area contributed by atoms with E-state index in [2.05, 4.69) is 5.32 Å². The van der Waals surface area contributed by atoms with Gasteiger partial charge < -0.3 is 15.3 Å². The molecular weight excluding hydrogens is 232 g/mol. The summed E-state index contributed by atoms with van der Waals surface area (Å²) in [6.45, 7) is 5.32. The average molecular weight is 254 g/mol. The fraction of sp³-hybridized carbons (Fsp3) is 0.846. The zero-order chi connectivity index (χ0) is 13.3. The van der Waals surface area contributed by atoms with E-state index in [9.17, 15) is 14.7 Å². The van der Waals surface area contributed by atoms with Crippen molar-refractivity contribution in [2.75, 3.05) is 13.1 Å². The Morgan fingerprint density at radius 1 is 1.50 bits per heavy atom. The third kappa shape index (κ3) is 2.00. The lowest BCUT2D eigenvalue weighted by Gasteiger charge is -2.34. The molecular formula is C13H22N2O3. The highest BCUT2D eigenvalue weighted by atomic mass is 16.4. The first kappa shape index (κ1) is 13.3. The molecule has 0 aliphatic carbocycles. The molecule has 18 heavy (non-hydrogen) atoms. The number of rotatable bonds is 3. The van der Waals surface area contributed by atoms with E-state index in [1.54, 1.807) is 4.90 Å². The topological polar surface area (TPSA) is 69.6 Å². The zero-order valence-corrected chi connectivity index (χ0v) is 11.1. The Bertz CT molecular complexity index is 350. The SMILES string of the molecule is CCC1(C(=O)N2CCC(C)C2C(=O)O)CCCN1. The van der Waals surface area contributed by atoms with Crippen molar-refractivity contribution in [3.63, 3.8) is 0 Å². The van der Waals surface area contributed by atoms with Gasteiger partial charge in [0, 0.05) is 6.54 Å². The maximum atomic E-state index is 12.7. The van der Waals surface area contributed by atoms with Crippen LogP contribution in [-0.4, -0.2) is 46.6 Å². The lowest BCUT2D eigenvalue weighted by Crippen LogP contribution is -2.57. The van der Waals surface area contributed by atoms with Crippen LogP contribution in [0.2, 0.25) is 0 Å². The molecule has 5 nitrogen and oxygen atoms in total. The van der Waals surface area contributed by atoms with Crippen LogP contribution in [0.3, 0.4) is 0 Å². The number of carbonyl (C=O) groups is 2. The zero-order valence-electron chi connectivity index (χ0n) is 11.1. The van der Waals surface area contributed by atoms with E-state index < -0.39 is 17.6 Å². The second kappa shape index (κ2) is 4.88. The number of aliphatic carboxylic acids is 1. The molecule has 102 valence electrons. The highest BCUT2D eigenvalue weighted by molar-refractivity contribution is 5.91. The highest BCUT2D eigenvalue weighted by Crippen LogP contribution is 2.31. The average Bonchev–Trinajstić information content (AvgIpc) is 2.94. The van der Waals surface area contributed by atoms with E-state index in [0.29, 0.717) is 6.54 Å². The van der Waals surface area contributed by atoms with Crippen molar-refractivity contribution in [2.45, 2.75) is 51.1 Å². The fourth-order valence-corrected chi connectivity index (χ4v) is 3.27. The van der Waals surface area contributed by atoms with Gasteiger partial charge in [0.1, 0.15) is 6.04 Å². The van der Waals surface area contributed by atoms with Gasteiger partial charge in [0.25, 0.3) is 0 Å². The third-order valence-corrected chi connectivity index (χ3v) is 4.47. The Morgan fingerprint density at radius 2 is 2.22 bits per heavy atom. The van der Waals surface area contributed by atoms with Crippen LogP contribution in [0.5, 0.6) is 0 Å². The number of nitrogens with one attached hydrogen (secondary N) is 1. The number of likely N-dealkylation sites (tertiary alicyclic amines) is 1. The van der Waals surface area contributed by atoms with Gasteiger partial charge in [-0.25, -0.2) is 4.79 Å². The molecule has 3 unspecified atom stereocenters. The van der Waals surface area contributed by atoms with Crippen molar-refractivity contribution >= 4 is 11.9 Å². The van der Waals surface area contributed by atoms with Gasteiger partial charge in [-0.1, -0.05) is 13.8 Å². The summed E-state index contributed by atoms with van der Waals surface area (Å²) < 4.78 is 0. The van der Waals surface area contributed by atoms with Crippen LogP contribution in [0.15, 0.2) is 0 Å². The molecule has 3 atom stereocenters.